The largest absolute Gasteiger partial charge is 0.493 e. The molecule has 5 heteroatoms. The monoisotopic (exact) mass is 374 g/mol. The molecule has 28 heavy (non-hydrogen) atoms. The van der Waals surface area contributed by atoms with E-state index in [1.165, 1.54) is 0 Å². The molecular formula is C23H22N2O3. The maximum Gasteiger partial charge on any atom is 0.258 e. The van der Waals surface area contributed by atoms with Crippen molar-refractivity contribution < 1.29 is 14.3 Å². The molecular weight excluding hydrogens is 352 g/mol. The van der Waals surface area contributed by atoms with E-state index in [0.717, 1.165) is 16.9 Å². The van der Waals surface area contributed by atoms with E-state index in [0.29, 0.717) is 23.6 Å². The van der Waals surface area contributed by atoms with Crippen LogP contribution < -0.4 is 19.7 Å². The van der Waals surface area contributed by atoms with Crippen molar-refractivity contribution in [3.63, 3.8) is 0 Å². The average molecular weight is 374 g/mol. The first-order valence-electron chi connectivity index (χ1n) is 9.15. The molecule has 0 radical (unpaired) electrons. The topological polar surface area (TPSA) is 50.8 Å². The van der Waals surface area contributed by atoms with Crippen LogP contribution in [0, 0.1) is 0 Å². The van der Waals surface area contributed by atoms with Crippen molar-refractivity contribution in [3.05, 3.63) is 83.9 Å². The minimum atomic E-state index is -0.0733. The van der Waals surface area contributed by atoms with E-state index in [-0.39, 0.29) is 11.9 Å². The van der Waals surface area contributed by atoms with Gasteiger partial charge < -0.3 is 19.7 Å². The minimum Gasteiger partial charge on any atom is -0.493 e. The van der Waals surface area contributed by atoms with Gasteiger partial charge in [-0.3, -0.25) is 4.79 Å². The molecule has 1 amide bonds. The summed E-state index contributed by atoms with van der Waals surface area (Å²) in [7, 11) is 3.15. The Morgan fingerprint density at radius 1 is 0.929 bits per heavy atom. The number of hydrogen-bond acceptors (Lipinski definition) is 4. The molecule has 1 atom stereocenters. The van der Waals surface area contributed by atoms with Gasteiger partial charge in [-0.2, -0.15) is 0 Å². The fraction of sp³-hybridized carbons (Fsp3) is 0.174. The molecule has 0 spiro atoms. The molecule has 0 saturated heterocycles. The number of hydrogen-bond donors (Lipinski definition) is 1. The molecule has 0 aliphatic carbocycles. The van der Waals surface area contributed by atoms with Crippen LogP contribution in [0.25, 0.3) is 0 Å². The van der Waals surface area contributed by atoms with E-state index in [2.05, 4.69) is 17.4 Å². The first-order chi connectivity index (χ1) is 13.7. The number of para-hydroxylation sites is 2. The summed E-state index contributed by atoms with van der Waals surface area (Å²) in [6.07, 6.45) is 0. The van der Waals surface area contributed by atoms with Gasteiger partial charge in [0.15, 0.2) is 11.5 Å². The van der Waals surface area contributed by atoms with Crippen molar-refractivity contribution in [3.8, 4) is 11.5 Å². The maximum absolute atomic E-state index is 13.4. The quantitative estimate of drug-likeness (QED) is 0.730. The van der Waals surface area contributed by atoms with Gasteiger partial charge in [0.1, 0.15) is 0 Å². The Balaban J connectivity index is 1.72. The molecule has 0 fully saturated rings. The number of methoxy groups -OCH3 is 2. The van der Waals surface area contributed by atoms with Gasteiger partial charge in [-0.15, -0.1) is 0 Å². The third kappa shape index (κ3) is 3.27. The van der Waals surface area contributed by atoms with Crippen LogP contribution in [0.3, 0.4) is 0 Å². The lowest BCUT2D eigenvalue weighted by molar-refractivity contribution is 0.0984. The Morgan fingerprint density at radius 2 is 1.64 bits per heavy atom. The number of carbonyl (C=O) groups excluding carboxylic acids is 1. The SMILES string of the molecule is COc1ccc(C(=O)N2CC(c3ccccc3)Nc3ccccc32)cc1OC. The summed E-state index contributed by atoms with van der Waals surface area (Å²) in [6.45, 7) is 0.536. The second-order valence-electron chi connectivity index (χ2n) is 6.61. The van der Waals surface area contributed by atoms with Crippen LogP contribution in [0.2, 0.25) is 0 Å². The number of anilines is 2. The van der Waals surface area contributed by atoms with Crippen LogP contribution in [0.4, 0.5) is 11.4 Å². The highest BCUT2D eigenvalue weighted by molar-refractivity contribution is 6.08. The Bertz CT molecular complexity index is 988. The van der Waals surface area contributed by atoms with E-state index in [4.69, 9.17) is 9.47 Å². The molecule has 1 aliphatic heterocycles. The first kappa shape index (κ1) is 17.9. The molecule has 142 valence electrons. The second kappa shape index (κ2) is 7.64. The van der Waals surface area contributed by atoms with Gasteiger partial charge >= 0.3 is 0 Å². The second-order valence-corrected chi connectivity index (χ2v) is 6.61. The van der Waals surface area contributed by atoms with E-state index in [9.17, 15) is 4.79 Å². The summed E-state index contributed by atoms with van der Waals surface area (Å²) in [6, 6.07) is 23.3. The molecule has 3 aromatic carbocycles. The van der Waals surface area contributed by atoms with Crippen LogP contribution in [0.15, 0.2) is 72.8 Å². The fourth-order valence-electron chi connectivity index (χ4n) is 3.54. The summed E-state index contributed by atoms with van der Waals surface area (Å²) in [5, 5.41) is 3.55. The van der Waals surface area contributed by atoms with Gasteiger partial charge in [-0.25, -0.2) is 0 Å². The molecule has 4 rings (SSSR count). The normalized spacial score (nSPS) is 15.4. The lowest BCUT2D eigenvalue weighted by atomic mass is 10.0. The first-order valence-corrected chi connectivity index (χ1v) is 9.15. The summed E-state index contributed by atoms with van der Waals surface area (Å²) in [5.41, 5.74) is 3.51. The van der Waals surface area contributed by atoms with Crippen LogP contribution in [0.1, 0.15) is 22.0 Å². The van der Waals surface area contributed by atoms with Crippen molar-refractivity contribution in [2.45, 2.75) is 6.04 Å². The van der Waals surface area contributed by atoms with E-state index < -0.39 is 0 Å². The fourth-order valence-corrected chi connectivity index (χ4v) is 3.54. The van der Waals surface area contributed by atoms with Crippen LogP contribution >= 0.6 is 0 Å². The van der Waals surface area contributed by atoms with E-state index >= 15 is 0 Å². The number of rotatable bonds is 4. The molecule has 1 heterocycles. The highest BCUT2D eigenvalue weighted by Crippen LogP contribution is 2.37. The lowest BCUT2D eigenvalue weighted by Crippen LogP contribution is -2.40. The predicted octanol–water partition coefficient (Wildman–Crippen LogP) is 4.52. The van der Waals surface area contributed by atoms with Gasteiger partial charge in [0.25, 0.3) is 5.91 Å². The summed E-state index contributed by atoms with van der Waals surface area (Å²) >= 11 is 0. The zero-order chi connectivity index (χ0) is 19.5. The standard InChI is InChI=1S/C23H22N2O3/c1-27-21-13-12-17(14-22(21)28-2)23(26)25-15-19(16-8-4-3-5-9-16)24-18-10-6-7-11-20(18)25/h3-14,19,24H,15H2,1-2H3. The predicted molar refractivity (Wildman–Crippen MR) is 110 cm³/mol. The smallest absolute Gasteiger partial charge is 0.258 e. The van der Waals surface area contributed by atoms with Gasteiger partial charge in [0.05, 0.1) is 38.2 Å². The number of nitrogens with one attached hydrogen (secondary N) is 1. The molecule has 0 saturated carbocycles. The van der Waals surface area contributed by atoms with Gasteiger partial charge in [-0.1, -0.05) is 42.5 Å². The zero-order valence-electron chi connectivity index (χ0n) is 15.9. The van der Waals surface area contributed by atoms with Crippen LogP contribution in [-0.4, -0.2) is 26.7 Å². The van der Waals surface area contributed by atoms with Crippen molar-refractivity contribution in [1.82, 2.24) is 0 Å². The summed E-state index contributed by atoms with van der Waals surface area (Å²) < 4.78 is 10.7. The number of nitrogens with zero attached hydrogens (tertiary/aromatic N) is 1. The minimum absolute atomic E-state index is 0.0141. The number of benzene rings is 3. The molecule has 1 N–H and O–H groups in total. The van der Waals surface area contributed by atoms with Gasteiger partial charge in [0.2, 0.25) is 0 Å². The Morgan fingerprint density at radius 3 is 2.39 bits per heavy atom. The van der Waals surface area contributed by atoms with Crippen molar-refractivity contribution in [1.29, 1.82) is 0 Å². The number of fused-ring (bicyclic) bond motifs is 1. The zero-order valence-corrected chi connectivity index (χ0v) is 15.9. The van der Waals surface area contributed by atoms with Crippen molar-refractivity contribution >= 4 is 17.3 Å². The number of ether oxygens (including phenoxy) is 2. The number of amides is 1. The van der Waals surface area contributed by atoms with Crippen molar-refractivity contribution in [2.75, 3.05) is 31.0 Å². The molecule has 0 bridgehead atoms. The lowest BCUT2D eigenvalue weighted by Gasteiger charge is -2.36. The number of carbonyl (C=O) groups is 1. The Hall–Kier alpha value is -3.47. The Kier molecular flexibility index (Phi) is 4.89. The highest BCUT2D eigenvalue weighted by Gasteiger charge is 2.29. The van der Waals surface area contributed by atoms with Gasteiger partial charge in [0, 0.05) is 5.56 Å². The third-order valence-corrected chi connectivity index (χ3v) is 4.97. The van der Waals surface area contributed by atoms with E-state index in [1.807, 2.05) is 47.4 Å². The summed E-state index contributed by atoms with van der Waals surface area (Å²) in [4.78, 5) is 15.2. The highest BCUT2D eigenvalue weighted by atomic mass is 16.5. The van der Waals surface area contributed by atoms with Crippen LogP contribution in [0.5, 0.6) is 11.5 Å². The van der Waals surface area contributed by atoms with Gasteiger partial charge in [-0.05, 0) is 35.9 Å². The third-order valence-electron chi connectivity index (χ3n) is 4.97. The van der Waals surface area contributed by atoms with E-state index in [1.54, 1.807) is 32.4 Å². The average Bonchev–Trinajstić information content (AvgIpc) is 2.78. The Labute approximate surface area is 164 Å². The van der Waals surface area contributed by atoms with Crippen LogP contribution in [-0.2, 0) is 0 Å². The molecule has 1 unspecified atom stereocenters. The molecule has 3 aromatic rings. The molecule has 1 aliphatic rings. The molecule has 0 aromatic heterocycles. The molecule has 5 nitrogen and oxygen atoms in total. The maximum atomic E-state index is 13.4. The van der Waals surface area contributed by atoms with Crippen molar-refractivity contribution in [2.24, 2.45) is 0 Å². The summed E-state index contributed by atoms with van der Waals surface area (Å²) in [5.74, 6) is 1.06.